The zero-order valence-electron chi connectivity index (χ0n) is 9.78. The van der Waals surface area contributed by atoms with Gasteiger partial charge in [0.05, 0.1) is 13.5 Å². The highest BCUT2D eigenvalue weighted by atomic mass is 16.5. The molecule has 0 fully saturated rings. The lowest BCUT2D eigenvalue weighted by Crippen LogP contribution is -2.05. The van der Waals surface area contributed by atoms with Crippen molar-refractivity contribution >= 4 is 5.97 Å². The van der Waals surface area contributed by atoms with Crippen LogP contribution in [0.4, 0.5) is 0 Å². The zero-order chi connectivity index (χ0) is 13.0. The molecule has 0 atom stereocenters. The SMILES string of the molecule is Cn1nnc(COc2ccccc2CC(=O)O)n1. The number of ether oxygens (including phenoxy) is 1. The Hall–Kier alpha value is -2.44. The van der Waals surface area contributed by atoms with Gasteiger partial charge in [-0.3, -0.25) is 4.79 Å². The molecule has 2 aromatic rings. The Morgan fingerprint density at radius 2 is 2.22 bits per heavy atom. The van der Waals surface area contributed by atoms with Crippen LogP contribution >= 0.6 is 0 Å². The molecule has 0 spiro atoms. The predicted octanol–water partition coefficient (Wildman–Crippen LogP) is 0.416. The van der Waals surface area contributed by atoms with Crippen molar-refractivity contribution in [1.82, 2.24) is 20.2 Å². The third-order valence-corrected chi connectivity index (χ3v) is 2.22. The molecule has 0 amide bonds. The molecule has 0 bridgehead atoms. The Morgan fingerprint density at radius 1 is 1.44 bits per heavy atom. The fourth-order valence-corrected chi connectivity index (χ4v) is 1.48. The van der Waals surface area contributed by atoms with Gasteiger partial charge in [0.1, 0.15) is 5.75 Å². The van der Waals surface area contributed by atoms with E-state index in [0.29, 0.717) is 17.1 Å². The number of tetrazole rings is 1. The molecule has 7 nitrogen and oxygen atoms in total. The maximum absolute atomic E-state index is 10.7. The van der Waals surface area contributed by atoms with E-state index >= 15 is 0 Å². The van der Waals surface area contributed by atoms with Crippen LogP contribution in [-0.2, 0) is 24.9 Å². The summed E-state index contributed by atoms with van der Waals surface area (Å²) < 4.78 is 5.50. The first-order valence-electron chi connectivity index (χ1n) is 5.30. The molecule has 18 heavy (non-hydrogen) atoms. The van der Waals surface area contributed by atoms with E-state index in [0.717, 1.165) is 0 Å². The Bertz CT molecular complexity index is 553. The number of carboxylic acids is 1. The monoisotopic (exact) mass is 248 g/mol. The summed E-state index contributed by atoms with van der Waals surface area (Å²) in [7, 11) is 1.66. The molecule has 0 radical (unpaired) electrons. The summed E-state index contributed by atoms with van der Waals surface area (Å²) in [6, 6.07) is 6.98. The normalized spacial score (nSPS) is 10.3. The second kappa shape index (κ2) is 5.26. The Labute approximate surface area is 103 Å². The first-order chi connectivity index (χ1) is 8.65. The molecule has 0 saturated carbocycles. The van der Waals surface area contributed by atoms with Crippen LogP contribution in [0.15, 0.2) is 24.3 Å². The van der Waals surface area contributed by atoms with Gasteiger partial charge in [0.2, 0.25) is 5.82 Å². The van der Waals surface area contributed by atoms with Crippen LogP contribution in [0.3, 0.4) is 0 Å². The Morgan fingerprint density at radius 3 is 2.89 bits per heavy atom. The number of benzene rings is 1. The topological polar surface area (TPSA) is 90.1 Å². The van der Waals surface area contributed by atoms with E-state index < -0.39 is 5.97 Å². The van der Waals surface area contributed by atoms with E-state index in [-0.39, 0.29) is 13.0 Å². The number of aryl methyl sites for hydroxylation is 1. The van der Waals surface area contributed by atoms with Gasteiger partial charge in [0.25, 0.3) is 0 Å². The summed E-state index contributed by atoms with van der Waals surface area (Å²) in [6.45, 7) is 0.157. The lowest BCUT2D eigenvalue weighted by atomic mass is 10.1. The second-order valence-electron chi connectivity index (χ2n) is 3.66. The van der Waals surface area contributed by atoms with Gasteiger partial charge in [-0.15, -0.1) is 10.2 Å². The number of para-hydroxylation sites is 1. The number of nitrogens with zero attached hydrogens (tertiary/aromatic N) is 4. The first-order valence-corrected chi connectivity index (χ1v) is 5.30. The van der Waals surface area contributed by atoms with Gasteiger partial charge in [-0.05, 0) is 11.3 Å². The minimum absolute atomic E-state index is 0.0793. The third-order valence-electron chi connectivity index (χ3n) is 2.22. The average Bonchev–Trinajstić information content (AvgIpc) is 2.73. The molecule has 2 rings (SSSR count). The van der Waals surface area contributed by atoms with E-state index in [2.05, 4.69) is 15.4 Å². The van der Waals surface area contributed by atoms with Crippen molar-refractivity contribution in [3.8, 4) is 5.75 Å². The van der Waals surface area contributed by atoms with Gasteiger partial charge in [-0.25, -0.2) is 0 Å². The number of hydrogen-bond acceptors (Lipinski definition) is 5. The number of hydrogen-bond donors (Lipinski definition) is 1. The summed E-state index contributed by atoms with van der Waals surface area (Å²) in [5.41, 5.74) is 0.619. The molecule has 7 heteroatoms. The highest BCUT2D eigenvalue weighted by Crippen LogP contribution is 2.19. The van der Waals surface area contributed by atoms with E-state index in [1.807, 2.05) is 0 Å². The first kappa shape index (κ1) is 12.0. The summed E-state index contributed by atoms with van der Waals surface area (Å²) in [5.74, 6) is 0.0682. The van der Waals surface area contributed by atoms with E-state index in [1.54, 1.807) is 31.3 Å². The van der Waals surface area contributed by atoms with Gasteiger partial charge in [0.15, 0.2) is 6.61 Å². The molecule has 0 saturated heterocycles. The molecule has 0 aliphatic heterocycles. The molecule has 1 aromatic carbocycles. The fraction of sp³-hybridized carbons (Fsp3) is 0.273. The Kier molecular flexibility index (Phi) is 3.52. The van der Waals surface area contributed by atoms with Crippen LogP contribution in [0.5, 0.6) is 5.75 Å². The maximum Gasteiger partial charge on any atom is 0.307 e. The van der Waals surface area contributed by atoms with Gasteiger partial charge in [-0.2, -0.15) is 4.80 Å². The number of aromatic nitrogens is 4. The standard InChI is InChI=1S/C11H12N4O3/c1-15-13-10(12-14-15)7-18-9-5-3-2-4-8(9)6-11(16)17/h2-5H,6-7H2,1H3,(H,16,17). The van der Waals surface area contributed by atoms with E-state index in [1.165, 1.54) is 4.80 Å². The largest absolute Gasteiger partial charge is 0.485 e. The van der Waals surface area contributed by atoms with Gasteiger partial charge in [-0.1, -0.05) is 18.2 Å². The van der Waals surface area contributed by atoms with Crippen molar-refractivity contribution < 1.29 is 14.6 Å². The molecule has 94 valence electrons. The van der Waals surface area contributed by atoms with Crippen molar-refractivity contribution in [2.75, 3.05) is 0 Å². The number of carboxylic acid groups (broad SMARTS) is 1. The van der Waals surface area contributed by atoms with Crippen molar-refractivity contribution in [3.05, 3.63) is 35.7 Å². The maximum atomic E-state index is 10.7. The molecule has 1 aromatic heterocycles. The number of rotatable bonds is 5. The molecule has 1 N–H and O–H groups in total. The molecule has 0 unspecified atom stereocenters. The molecule has 0 aliphatic rings. The highest BCUT2D eigenvalue weighted by molar-refractivity contribution is 5.71. The van der Waals surface area contributed by atoms with E-state index in [9.17, 15) is 4.79 Å². The third kappa shape index (κ3) is 3.03. The minimum atomic E-state index is -0.899. The van der Waals surface area contributed by atoms with Crippen molar-refractivity contribution in [2.24, 2.45) is 7.05 Å². The Balaban J connectivity index is 2.06. The van der Waals surface area contributed by atoms with Crippen LogP contribution in [0.2, 0.25) is 0 Å². The summed E-state index contributed by atoms with van der Waals surface area (Å²) in [4.78, 5) is 12.0. The van der Waals surface area contributed by atoms with Crippen molar-refractivity contribution in [1.29, 1.82) is 0 Å². The van der Waals surface area contributed by atoms with Crippen molar-refractivity contribution in [2.45, 2.75) is 13.0 Å². The van der Waals surface area contributed by atoms with Crippen LogP contribution in [0.1, 0.15) is 11.4 Å². The van der Waals surface area contributed by atoms with Crippen LogP contribution in [-0.4, -0.2) is 31.3 Å². The van der Waals surface area contributed by atoms with E-state index in [4.69, 9.17) is 9.84 Å². The number of carbonyl (C=O) groups is 1. The van der Waals surface area contributed by atoms with Crippen LogP contribution in [0, 0.1) is 0 Å². The second-order valence-corrected chi connectivity index (χ2v) is 3.66. The zero-order valence-corrected chi connectivity index (χ0v) is 9.78. The van der Waals surface area contributed by atoms with Gasteiger partial charge >= 0.3 is 5.97 Å². The lowest BCUT2D eigenvalue weighted by Gasteiger charge is -2.08. The molecular formula is C11H12N4O3. The van der Waals surface area contributed by atoms with Crippen LogP contribution in [0.25, 0.3) is 0 Å². The summed E-state index contributed by atoms with van der Waals surface area (Å²) >= 11 is 0. The van der Waals surface area contributed by atoms with Gasteiger partial charge < -0.3 is 9.84 Å². The fourth-order valence-electron chi connectivity index (χ4n) is 1.48. The number of aliphatic carboxylic acids is 1. The minimum Gasteiger partial charge on any atom is -0.485 e. The smallest absolute Gasteiger partial charge is 0.307 e. The molecule has 1 heterocycles. The lowest BCUT2D eigenvalue weighted by molar-refractivity contribution is -0.136. The summed E-state index contributed by atoms with van der Waals surface area (Å²) in [5, 5.41) is 20.2. The average molecular weight is 248 g/mol. The quantitative estimate of drug-likeness (QED) is 0.824. The van der Waals surface area contributed by atoms with Crippen LogP contribution < -0.4 is 4.74 Å². The van der Waals surface area contributed by atoms with Gasteiger partial charge in [0, 0.05) is 5.56 Å². The van der Waals surface area contributed by atoms with Crippen molar-refractivity contribution in [3.63, 3.8) is 0 Å². The summed E-state index contributed by atoms with van der Waals surface area (Å²) in [6.07, 6.45) is -0.0793. The predicted molar refractivity (Wildman–Crippen MR) is 60.9 cm³/mol. The molecular weight excluding hydrogens is 236 g/mol. The molecule has 0 aliphatic carbocycles. The highest BCUT2D eigenvalue weighted by Gasteiger charge is 2.08.